The van der Waals surface area contributed by atoms with Crippen molar-refractivity contribution in [3.05, 3.63) is 76.0 Å². The molecular formula is C22H22FN7O2. The van der Waals surface area contributed by atoms with Crippen LogP contribution in [0, 0.1) is 5.82 Å². The molecule has 0 saturated carbocycles. The number of hydrogen-bond donors (Lipinski definition) is 3. The number of ether oxygens (including phenoxy) is 1. The van der Waals surface area contributed by atoms with E-state index in [0.29, 0.717) is 35.7 Å². The van der Waals surface area contributed by atoms with Gasteiger partial charge in [-0.3, -0.25) is 9.48 Å². The number of nitrogens with one attached hydrogen (secondary N) is 2. The molecule has 0 amide bonds. The second-order valence-electron chi connectivity index (χ2n) is 7.72. The topological polar surface area (TPSA) is 124 Å². The maximum absolute atomic E-state index is 14.3. The quantitative estimate of drug-likeness (QED) is 0.397. The highest BCUT2D eigenvalue weighted by atomic mass is 19.1. The number of hydrogen-bond acceptors (Lipinski definition) is 7. The van der Waals surface area contributed by atoms with Gasteiger partial charge in [-0.25, -0.2) is 14.5 Å². The van der Waals surface area contributed by atoms with Crippen LogP contribution >= 0.6 is 0 Å². The lowest BCUT2D eigenvalue weighted by Crippen LogP contribution is -2.30. The molecule has 0 radical (unpaired) electrons. The third-order valence-corrected chi connectivity index (χ3v) is 5.70. The largest absolute Gasteiger partial charge is 0.494 e. The molecule has 32 heavy (non-hydrogen) atoms. The summed E-state index contributed by atoms with van der Waals surface area (Å²) in [6, 6.07) is 9.96. The summed E-state index contributed by atoms with van der Waals surface area (Å²) in [6.45, 7) is 1.12. The van der Waals surface area contributed by atoms with E-state index in [9.17, 15) is 9.18 Å². The first kappa shape index (κ1) is 20.1. The Balaban J connectivity index is 1.63. The number of aromatic amines is 1. The maximum atomic E-state index is 14.3. The van der Waals surface area contributed by atoms with Crippen LogP contribution in [-0.2, 0) is 7.05 Å². The Morgan fingerprint density at radius 1 is 1.25 bits per heavy atom. The van der Waals surface area contributed by atoms with Crippen molar-refractivity contribution in [2.24, 2.45) is 12.8 Å². The second kappa shape index (κ2) is 8.04. The molecule has 0 unspecified atom stereocenters. The van der Waals surface area contributed by atoms with Gasteiger partial charge < -0.3 is 15.8 Å². The molecule has 5 rings (SSSR count). The zero-order valence-electron chi connectivity index (χ0n) is 17.4. The Morgan fingerprint density at radius 3 is 2.78 bits per heavy atom. The van der Waals surface area contributed by atoms with E-state index in [1.807, 2.05) is 24.3 Å². The number of aromatic nitrogens is 5. The minimum absolute atomic E-state index is 0.242. The van der Waals surface area contributed by atoms with E-state index >= 15 is 0 Å². The van der Waals surface area contributed by atoms with Crippen LogP contribution in [0.3, 0.4) is 0 Å². The lowest BCUT2D eigenvalue weighted by atomic mass is 9.83. The van der Waals surface area contributed by atoms with Crippen LogP contribution in [0.25, 0.3) is 10.8 Å². The smallest absolute Gasteiger partial charge is 0.272 e. The number of benzene rings is 2. The standard InChI is InChI=1S/C22H22FN7O2/c1-30-21(25-11-26-30)18-19(12-3-5-14(6-4-12)32-8-2-7-24)27-16-10-13(23)9-15-17(16)20(18)28-29-22(15)31/h3-6,9-11,18-19,27H,2,7-8,24H2,1H3,(H,29,31)/t18-,19-/m1/s1. The van der Waals surface area contributed by atoms with Gasteiger partial charge in [-0.2, -0.15) is 10.2 Å². The van der Waals surface area contributed by atoms with Crippen molar-refractivity contribution in [2.75, 3.05) is 18.5 Å². The van der Waals surface area contributed by atoms with Gasteiger partial charge in [-0.15, -0.1) is 0 Å². The Hall–Kier alpha value is -3.79. The molecule has 10 heteroatoms. The van der Waals surface area contributed by atoms with Crippen LogP contribution in [0.5, 0.6) is 5.75 Å². The predicted octanol–water partition coefficient (Wildman–Crippen LogP) is 2.22. The first-order valence-corrected chi connectivity index (χ1v) is 10.3. The molecule has 0 fully saturated rings. The Morgan fingerprint density at radius 2 is 2.06 bits per heavy atom. The molecule has 1 aliphatic rings. The van der Waals surface area contributed by atoms with Crippen LogP contribution in [0.15, 0.2) is 47.5 Å². The summed E-state index contributed by atoms with van der Waals surface area (Å²) in [5, 5.41) is 15.3. The highest BCUT2D eigenvalue weighted by Crippen LogP contribution is 2.46. The van der Waals surface area contributed by atoms with Gasteiger partial charge in [0.25, 0.3) is 5.56 Å². The van der Waals surface area contributed by atoms with Gasteiger partial charge in [0, 0.05) is 18.1 Å². The van der Waals surface area contributed by atoms with Crippen molar-refractivity contribution in [3.63, 3.8) is 0 Å². The van der Waals surface area contributed by atoms with E-state index in [1.165, 1.54) is 18.5 Å². The number of rotatable bonds is 6. The molecule has 9 nitrogen and oxygen atoms in total. The zero-order chi connectivity index (χ0) is 22.2. The van der Waals surface area contributed by atoms with Gasteiger partial charge in [0.05, 0.1) is 29.6 Å². The Bertz CT molecular complexity index is 1330. The molecule has 3 heterocycles. The number of halogens is 1. The summed E-state index contributed by atoms with van der Waals surface area (Å²) in [5.74, 6) is 0.539. The first-order chi connectivity index (χ1) is 15.6. The van der Waals surface area contributed by atoms with E-state index in [4.69, 9.17) is 10.5 Å². The van der Waals surface area contributed by atoms with Crippen LogP contribution in [-0.4, -0.2) is 38.1 Å². The first-order valence-electron chi connectivity index (χ1n) is 10.3. The summed E-state index contributed by atoms with van der Waals surface area (Å²) in [6.07, 6.45) is 2.25. The predicted molar refractivity (Wildman–Crippen MR) is 117 cm³/mol. The van der Waals surface area contributed by atoms with Crippen molar-refractivity contribution < 1.29 is 9.13 Å². The lowest BCUT2D eigenvalue weighted by molar-refractivity contribution is 0.313. The SMILES string of the molecule is Cn1ncnc1[C@H]1c2n[nH]c(=O)c3cc(F)cc(c23)N[C@@H]1c1ccc(OCCCN)cc1. The third kappa shape index (κ3) is 3.38. The number of nitrogens with zero attached hydrogens (tertiary/aromatic N) is 4. The fraction of sp³-hybridized carbons (Fsp3) is 0.273. The number of anilines is 1. The second-order valence-corrected chi connectivity index (χ2v) is 7.72. The fourth-order valence-corrected chi connectivity index (χ4v) is 4.22. The van der Waals surface area contributed by atoms with Crippen LogP contribution in [0.2, 0.25) is 0 Å². The average Bonchev–Trinajstić information content (AvgIpc) is 3.21. The lowest BCUT2D eigenvalue weighted by Gasteiger charge is -2.33. The van der Waals surface area contributed by atoms with E-state index in [1.54, 1.807) is 11.7 Å². The zero-order valence-corrected chi connectivity index (χ0v) is 17.4. The van der Waals surface area contributed by atoms with E-state index in [-0.39, 0.29) is 17.3 Å². The molecule has 4 N–H and O–H groups in total. The highest BCUT2D eigenvalue weighted by molar-refractivity contribution is 5.97. The van der Waals surface area contributed by atoms with E-state index in [0.717, 1.165) is 17.7 Å². The normalized spacial score (nSPS) is 17.3. The average molecular weight is 435 g/mol. The van der Waals surface area contributed by atoms with Gasteiger partial charge in [-0.05, 0) is 42.8 Å². The van der Waals surface area contributed by atoms with Gasteiger partial charge in [0.1, 0.15) is 23.7 Å². The van der Waals surface area contributed by atoms with Gasteiger partial charge >= 0.3 is 0 Å². The van der Waals surface area contributed by atoms with Crippen LogP contribution < -0.4 is 21.3 Å². The molecule has 0 aliphatic carbocycles. The molecule has 2 atom stereocenters. The summed E-state index contributed by atoms with van der Waals surface area (Å²) in [4.78, 5) is 16.8. The van der Waals surface area contributed by atoms with E-state index < -0.39 is 11.4 Å². The number of nitrogens with two attached hydrogens (primary N) is 1. The van der Waals surface area contributed by atoms with Crippen molar-refractivity contribution in [3.8, 4) is 5.75 Å². The van der Waals surface area contributed by atoms with Crippen LogP contribution in [0.4, 0.5) is 10.1 Å². The molecular weight excluding hydrogens is 413 g/mol. The molecule has 0 bridgehead atoms. The van der Waals surface area contributed by atoms with Gasteiger partial charge in [-0.1, -0.05) is 12.1 Å². The third-order valence-electron chi connectivity index (χ3n) is 5.70. The van der Waals surface area contributed by atoms with Crippen molar-refractivity contribution in [1.82, 2.24) is 25.0 Å². The molecule has 0 spiro atoms. The van der Waals surface area contributed by atoms with Crippen molar-refractivity contribution in [1.29, 1.82) is 0 Å². The van der Waals surface area contributed by atoms with Gasteiger partial charge in [0.2, 0.25) is 0 Å². The van der Waals surface area contributed by atoms with E-state index in [2.05, 4.69) is 25.6 Å². The summed E-state index contributed by atoms with van der Waals surface area (Å²) in [5.41, 5.74) is 7.13. The molecule has 164 valence electrons. The molecule has 4 aromatic rings. The summed E-state index contributed by atoms with van der Waals surface area (Å²) in [7, 11) is 1.80. The highest BCUT2D eigenvalue weighted by Gasteiger charge is 2.37. The Labute approximate surface area is 182 Å². The maximum Gasteiger partial charge on any atom is 0.272 e. The molecule has 1 aliphatic heterocycles. The van der Waals surface area contributed by atoms with Crippen LogP contribution in [0.1, 0.15) is 35.5 Å². The monoisotopic (exact) mass is 435 g/mol. The number of H-pyrrole nitrogens is 1. The summed E-state index contributed by atoms with van der Waals surface area (Å²) >= 11 is 0. The summed E-state index contributed by atoms with van der Waals surface area (Å²) < 4.78 is 21.7. The molecule has 0 saturated heterocycles. The minimum atomic E-state index is -0.498. The van der Waals surface area contributed by atoms with Crippen molar-refractivity contribution in [2.45, 2.75) is 18.4 Å². The molecule has 2 aromatic carbocycles. The number of aryl methyl sites for hydroxylation is 1. The fourth-order valence-electron chi connectivity index (χ4n) is 4.22. The Kier molecular flexibility index (Phi) is 5.06. The van der Waals surface area contributed by atoms with Gasteiger partial charge in [0.15, 0.2) is 0 Å². The van der Waals surface area contributed by atoms with Crippen molar-refractivity contribution >= 4 is 16.5 Å². The molecule has 2 aromatic heterocycles. The minimum Gasteiger partial charge on any atom is -0.494 e.